The Bertz CT molecular complexity index is 2740. The van der Waals surface area contributed by atoms with Gasteiger partial charge >= 0.3 is 0 Å². The number of amides is 2. The fourth-order valence-electron chi connectivity index (χ4n) is 9.44. The van der Waals surface area contributed by atoms with Gasteiger partial charge in [-0.15, -0.1) is 0 Å². The normalized spacial score (nSPS) is 15.8. The maximum Gasteiger partial charge on any atom is 0.240 e. The summed E-state index contributed by atoms with van der Waals surface area (Å²) >= 11 is 25.8. The van der Waals surface area contributed by atoms with Gasteiger partial charge < -0.3 is 59.3 Å². The van der Waals surface area contributed by atoms with Crippen LogP contribution in [0.2, 0.25) is 20.1 Å². The number of carbonyl (C=O) groups excluding carboxylic acids is 2. The lowest BCUT2D eigenvalue weighted by Gasteiger charge is -2.33. The highest BCUT2D eigenvalue weighted by atomic mass is 35.5. The van der Waals surface area contributed by atoms with Crippen LogP contribution in [0.1, 0.15) is 45.2 Å². The highest BCUT2D eigenvalue weighted by Crippen LogP contribution is 2.40. The second-order valence-electron chi connectivity index (χ2n) is 19.8. The number of carbonyl (C=O) groups is 2. The van der Waals surface area contributed by atoms with Gasteiger partial charge in [0.05, 0.1) is 115 Å². The molecule has 83 heavy (non-hydrogen) atoms. The van der Waals surface area contributed by atoms with Crippen LogP contribution in [0.3, 0.4) is 0 Å². The number of nitrogens with one attached hydrogen (secondary N) is 4. The third kappa shape index (κ3) is 23.2. The number of likely N-dealkylation sites (N-methyl/N-ethyl adjacent to an activating group) is 2. The van der Waals surface area contributed by atoms with Crippen LogP contribution in [0.25, 0.3) is 0 Å². The van der Waals surface area contributed by atoms with E-state index in [4.69, 9.17) is 85.3 Å². The number of ether oxygens (including phenoxy) is 7. The Balaban J connectivity index is 0.826. The average molecular weight is 1280 g/mol. The average Bonchev–Trinajstić information content (AvgIpc) is 3.62. The highest BCUT2D eigenvalue weighted by molar-refractivity contribution is 7.89. The molecule has 6 N–H and O–H groups in total. The van der Waals surface area contributed by atoms with E-state index in [2.05, 4.69) is 29.9 Å². The Labute approximate surface area is 508 Å². The fraction of sp³-hybridized carbons (Fsp3) is 0.536. The van der Waals surface area contributed by atoms with Crippen LogP contribution in [-0.2, 0) is 75.9 Å². The zero-order valence-corrected chi connectivity index (χ0v) is 51.7. The van der Waals surface area contributed by atoms with Crippen molar-refractivity contribution in [3.63, 3.8) is 0 Å². The number of hydrogen-bond acceptors (Lipinski definition) is 17. The fourth-order valence-corrected chi connectivity index (χ4v) is 12.7. The highest BCUT2D eigenvalue weighted by Gasteiger charge is 2.30. The summed E-state index contributed by atoms with van der Waals surface area (Å²) in [7, 11) is -3.69. The standard InChI is InChI=1S/C56H78Cl4N8O13S2/c1-66-35-49(47-31-43(57)33-53(59)51(47)37-66)41-5-3-7-45(29-41)82(71,72)64-12-18-78-24-22-76-16-10-62-55(69)39-68(14-20-80-26-28-81-27-21-75-15-9-61)40-56(70)63-11-17-77-23-25-79-19-13-65-83(73,74)46-8-4-6-42(30-46)50-36-67(2)38-52-48(50)32-44(58)34-54(52)60/h3-8,29-34,49-50,64-65H,9-28,35-40,61H2,1-2H3,(H,62,69)(H,63,70)/t49-,50-/m0/s1. The second kappa shape index (κ2) is 35.9. The first kappa shape index (κ1) is 68.5. The maximum atomic E-state index is 13.3. The minimum atomic E-state index is -3.84. The van der Waals surface area contributed by atoms with E-state index in [1.807, 2.05) is 38.4 Å². The molecular weight excluding hydrogens is 1200 g/mol. The molecule has 4 aromatic carbocycles. The van der Waals surface area contributed by atoms with E-state index in [0.29, 0.717) is 85.8 Å². The molecule has 0 fully saturated rings. The number of rotatable bonds is 39. The summed E-state index contributed by atoms with van der Waals surface area (Å²) in [5.41, 5.74) is 11.0. The van der Waals surface area contributed by atoms with Crippen LogP contribution in [0.4, 0.5) is 0 Å². The van der Waals surface area contributed by atoms with E-state index in [1.54, 1.807) is 53.4 Å². The third-order valence-electron chi connectivity index (χ3n) is 13.4. The van der Waals surface area contributed by atoms with Crippen molar-refractivity contribution in [1.29, 1.82) is 0 Å². The van der Waals surface area contributed by atoms with Gasteiger partial charge in [0.25, 0.3) is 0 Å². The van der Waals surface area contributed by atoms with Crippen LogP contribution in [-0.4, -0.2) is 215 Å². The maximum absolute atomic E-state index is 13.3. The van der Waals surface area contributed by atoms with Crippen molar-refractivity contribution in [2.45, 2.75) is 34.7 Å². The number of nitrogens with zero attached hydrogens (tertiary/aromatic N) is 3. The smallest absolute Gasteiger partial charge is 0.240 e. The molecular formula is C56H78Cl4N8O13S2. The van der Waals surface area contributed by atoms with Crippen molar-refractivity contribution < 1.29 is 59.6 Å². The Morgan fingerprint density at radius 3 is 1.31 bits per heavy atom. The first-order valence-electron chi connectivity index (χ1n) is 27.5. The van der Waals surface area contributed by atoms with Gasteiger partial charge in [0.15, 0.2) is 0 Å². The molecule has 460 valence electrons. The SMILES string of the molecule is CN1Cc2c(Cl)cc(Cl)cc2[C@H](c2cccc(S(=O)(=O)NCCOCCOCCNC(=O)CN(CCOCCOCCOCCN)CC(=O)NCCOCCOCCNS(=O)(=O)c3cccc([C@@H]4CN(C)Cc5c(Cl)cc(Cl)cc54)c3)c2)C1. The molecule has 0 aliphatic carbocycles. The number of fused-ring (bicyclic) bond motifs is 2. The molecule has 0 aromatic heterocycles. The summed E-state index contributed by atoms with van der Waals surface area (Å²) in [5.74, 6) is -0.875. The van der Waals surface area contributed by atoms with Gasteiger partial charge in [-0.3, -0.25) is 14.5 Å². The van der Waals surface area contributed by atoms with E-state index in [-0.39, 0.29) is 139 Å². The zero-order chi connectivity index (χ0) is 59.6. The molecule has 21 nitrogen and oxygen atoms in total. The largest absolute Gasteiger partial charge is 0.378 e. The molecule has 6 rings (SSSR count). The number of halogens is 4. The van der Waals surface area contributed by atoms with Gasteiger partial charge in [-0.2, -0.15) is 0 Å². The van der Waals surface area contributed by atoms with Crippen LogP contribution in [0.5, 0.6) is 0 Å². The van der Waals surface area contributed by atoms with Crippen LogP contribution < -0.4 is 25.8 Å². The Hall–Kier alpha value is -3.64. The van der Waals surface area contributed by atoms with Crippen molar-refractivity contribution in [3.8, 4) is 0 Å². The van der Waals surface area contributed by atoms with Gasteiger partial charge in [0.2, 0.25) is 31.9 Å². The zero-order valence-electron chi connectivity index (χ0n) is 47.0. The van der Waals surface area contributed by atoms with Crippen molar-refractivity contribution >= 4 is 78.3 Å². The quantitative estimate of drug-likeness (QED) is 0.0390. The summed E-state index contributed by atoms with van der Waals surface area (Å²) in [5, 5.41) is 7.83. The molecule has 2 heterocycles. The van der Waals surface area contributed by atoms with Gasteiger partial charge in [0, 0.05) is 97.4 Å². The van der Waals surface area contributed by atoms with Gasteiger partial charge in [-0.05, 0) is 96.0 Å². The molecule has 0 saturated carbocycles. The van der Waals surface area contributed by atoms with Crippen molar-refractivity contribution in [1.82, 2.24) is 34.8 Å². The second-order valence-corrected chi connectivity index (χ2v) is 25.1. The molecule has 4 aromatic rings. The summed E-state index contributed by atoms with van der Waals surface area (Å²) in [4.78, 5) is 32.2. The predicted octanol–water partition coefficient (Wildman–Crippen LogP) is 4.32. The first-order valence-corrected chi connectivity index (χ1v) is 31.9. The number of hydrogen-bond donors (Lipinski definition) is 5. The number of benzene rings is 4. The minimum Gasteiger partial charge on any atom is -0.378 e. The topological polar surface area (TPSA) is 251 Å². The van der Waals surface area contributed by atoms with E-state index in [0.717, 1.165) is 33.4 Å². The number of nitrogens with two attached hydrogens (primary N) is 1. The lowest BCUT2D eigenvalue weighted by atomic mass is 9.85. The van der Waals surface area contributed by atoms with E-state index >= 15 is 0 Å². The molecule has 2 aliphatic rings. The van der Waals surface area contributed by atoms with Crippen molar-refractivity contribution in [3.05, 3.63) is 126 Å². The molecule has 0 radical (unpaired) electrons. The van der Waals surface area contributed by atoms with Crippen LogP contribution in [0.15, 0.2) is 82.6 Å². The van der Waals surface area contributed by atoms with Crippen molar-refractivity contribution in [2.75, 3.05) is 172 Å². The monoisotopic (exact) mass is 1270 g/mol. The molecule has 0 unspecified atom stereocenters. The predicted molar refractivity (Wildman–Crippen MR) is 320 cm³/mol. The summed E-state index contributed by atoms with van der Waals surface area (Å²) in [6, 6.07) is 21.0. The molecule has 0 bridgehead atoms. The van der Waals surface area contributed by atoms with Gasteiger partial charge in [-0.25, -0.2) is 26.3 Å². The minimum absolute atomic E-state index is 0.0464. The van der Waals surface area contributed by atoms with Gasteiger partial charge in [0.1, 0.15) is 0 Å². The van der Waals surface area contributed by atoms with Gasteiger partial charge in [-0.1, -0.05) is 70.7 Å². The summed E-state index contributed by atoms with van der Waals surface area (Å²) in [6.45, 7) is 7.35. The molecule has 27 heteroatoms. The summed E-state index contributed by atoms with van der Waals surface area (Å²) < 4.78 is 97.2. The van der Waals surface area contributed by atoms with Crippen molar-refractivity contribution in [2.24, 2.45) is 5.73 Å². The van der Waals surface area contributed by atoms with E-state index in [9.17, 15) is 26.4 Å². The molecule has 0 saturated heterocycles. The lowest BCUT2D eigenvalue weighted by Crippen LogP contribution is -2.45. The Kier molecular flexibility index (Phi) is 29.6. The first-order chi connectivity index (χ1) is 39.9. The molecule has 0 spiro atoms. The summed E-state index contributed by atoms with van der Waals surface area (Å²) in [6.07, 6.45) is 0. The lowest BCUT2D eigenvalue weighted by molar-refractivity contribution is -0.125. The van der Waals surface area contributed by atoms with E-state index < -0.39 is 20.0 Å². The molecule has 2 aliphatic heterocycles. The molecule has 2 atom stereocenters. The Morgan fingerprint density at radius 1 is 0.530 bits per heavy atom. The van der Waals surface area contributed by atoms with E-state index in [1.165, 1.54) is 0 Å². The number of sulfonamides is 2. The van der Waals surface area contributed by atoms with Crippen LogP contribution in [0, 0.1) is 0 Å². The van der Waals surface area contributed by atoms with Crippen LogP contribution >= 0.6 is 46.4 Å². The third-order valence-corrected chi connectivity index (χ3v) is 17.4. The Morgan fingerprint density at radius 2 is 0.904 bits per heavy atom. The molecule has 2 amide bonds.